The van der Waals surface area contributed by atoms with Gasteiger partial charge in [0.25, 0.3) is 11.6 Å². The standard InChI is InChI=1S/C21H18ClN3O3/c1-24(14-15-7-3-2-4-8-15)19-10-6-5-9-18(19)23-21(26)17-12-11-16(22)13-20(17)25(27)28/h2-13H,14H2,1H3,(H,23,26). The maximum absolute atomic E-state index is 12.7. The molecule has 0 saturated heterocycles. The van der Waals surface area contributed by atoms with Crippen molar-refractivity contribution in [3.63, 3.8) is 0 Å². The maximum atomic E-state index is 12.7. The van der Waals surface area contributed by atoms with Crippen LogP contribution >= 0.6 is 11.6 Å². The van der Waals surface area contributed by atoms with Crippen LogP contribution in [0.3, 0.4) is 0 Å². The van der Waals surface area contributed by atoms with Gasteiger partial charge in [0.1, 0.15) is 5.56 Å². The molecule has 0 spiro atoms. The average molecular weight is 396 g/mol. The van der Waals surface area contributed by atoms with Crippen molar-refractivity contribution in [1.82, 2.24) is 0 Å². The van der Waals surface area contributed by atoms with E-state index in [4.69, 9.17) is 11.6 Å². The molecule has 7 heteroatoms. The predicted octanol–water partition coefficient (Wildman–Crippen LogP) is 5.14. The Hall–Kier alpha value is -3.38. The summed E-state index contributed by atoms with van der Waals surface area (Å²) in [5.74, 6) is -0.566. The average Bonchev–Trinajstić information content (AvgIpc) is 2.69. The third-order valence-electron chi connectivity index (χ3n) is 4.23. The Balaban J connectivity index is 1.86. The molecule has 1 amide bonds. The van der Waals surface area contributed by atoms with E-state index in [0.717, 1.165) is 11.3 Å². The summed E-state index contributed by atoms with van der Waals surface area (Å²) in [6.45, 7) is 0.648. The second kappa shape index (κ2) is 8.54. The fourth-order valence-electron chi connectivity index (χ4n) is 2.89. The van der Waals surface area contributed by atoms with Gasteiger partial charge < -0.3 is 10.2 Å². The Kier molecular flexibility index (Phi) is 5.91. The minimum Gasteiger partial charge on any atom is -0.369 e. The molecule has 0 saturated carbocycles. The quantitative estimate of drug-likeness (QED) is 0.463. The molecular weight excluding hydrogens is 378 g/mol. The first-order chi connectivity index (χ1) is 13.5. The molecule has 6 nitrogen and oxygen atoms in total. The number of benzene rings is 3. The Bertz CT molecular complexity index is 1010. The van der Waals surface area contributed by atoms with Crippen molar-refractivity contribution >= 4 is 34.6 Å². The highest BCUT2D eigenvalue weighted by atomic mass is 35.5. The van der Waals surface area contributed by atoms with E-state index in [9.17, 15) is 14.9 Å². The lowest BCUT2D eigenvalue weighted by molar-refractivity contribution is -0.385. The lowest BCUT2D eigenvalue weighted by atomic mass is 10.1. The van der Waals surface area contributed by atoms with E-state index in [-0.39, 0.29) is 16.3 Å². The molecule has 0 aromatic heterocycles. The summed E-state index contributed by atoms with van der Waals surface area (Å²) < 4.78 is 0. The molecule has 0 radical (unpaired) electrons. The van der Waals surface area contributed by atoms with Crippen LogP contribution in [0.1, 0.15) is 15.9 Å². The van der Waals surface area contributed by atoms with Gasteiger partial charge in [-0.1, -0.05) is 54.1 Å². The van der Waals surface area contributed by atoms with Gasteiger partial charge in [-0.25, -0.2) is 0 Å². The van der Waals surface area contributed by atoms with Crippen molar-refractivity contribution in [3.8, 4) is 0 Å². The van der Waals surface area contributed by atoms with Crippen LogP contribution in [-0.4, -0.2) is 17.9 Å². The van der Waals surface area contributed by atoms with Gasteiger partial charge >= 0.3 is 0 Å². The number of nitrogens with zero attached hydrogens (tertiary/aromatic N) is 2. The first-order valence-electron chi connectivity index (χ1n) is 8.55. The highest BCUT2D eigenvalue weighted by Gasteiger charge is 2.21. The number of nitro benzene ring substituents is 1. The number of nitro groups is 1. The van der Waals surface area contributed by atoms with Gasteiger partial charge in [0, 0.05) is 24.7 Å². The van der Waals surface area contributed by atoms with Gasteiger partial charge in [-0.05, 0) is 29.8 Å². The van der Waals surface area contributed by atoms with E-state index in [0.29, 0.717) is 12.2 Å². The smallest absolute Gasteiger partial charge is 0.283 e. The topological polar surface area (TPSA) is 75.5 Å². The first-order valence-corrected chi connectivity index (χ1v) is 8.93. The molecule has 3 aromatic carbocycles. The number of carbonyl (C=O) groups excluding carboxylic acids is 1. The summed E-state index contributed by atoms with van der Waals surface area (Å²) in [7, 11) is 1.92. The largest absolute Gasteiger partial charge is 0.369 e. The van der Waals surface area contributed by atoms with Crippen molar-refractivity contribution in [3.05, 3.63) is 99.1 Å². The lowest BCUT2D eigenvalue weighted by Gasteiger charge is -2.22. The molecule has 0 aliphatic rings. The zero-order chi connectivity index (χ0) is 20.1. The normalized spacial score (nSPS) is 10.4. The van der Waals surface area contributed by atoms with Crippen LogP contribution in [-0.2, 0) is 6.54 Å². The molecule has 0 atom stereocenters. The van der Waals surface area contributed by atoms with Crippen molar-refractivity contribution < 1.29 is 9.72 Å². The minimum absolute atomic E-state index is 0.0464. The molecule has 1 N–H and O–H groups in total. The van der Waals surface area contributed by atoms with Gasteiger partial charge in [-0.15, -0.1) is 0 Å². The number of para-hydroxylation sites is 2. The molecule has 0 unspecified atom stereocenters. The lowest BCUT2D eigenvalue weighted by Crippen LogP contribution is -2.20. The molecule has 0 heterocycles. The number of rotatable bonds is 6. The van der Waals surface area contributed by atoms with Gasteiger partial charge in [-0.2, -0.15) is 0 Å². The van der Waals surface area contributed by atoms with Crippen molar-refractivity contribution in [2.24, 2.45) is 0 Å². The summed E-state index contributed by atoms with van der Waals surface area (Å²) >= 11 is 5.83. The number of hydrogen-bond acceptors (Lipinski definition) is 4. The van der Waals surface area contributed by atoms with E-state index in [2.05, 4.69) is 5.32 Å². The van der Waals surface area contributed by atoms with E-state index in [1.165, 1.54) is 18.2 Å². The van der Waals surface area contributed by atoms with Gasteiger partial charge in [-0.3, -0.25) is 14.9 Å². The third-order valence-corrected chi connectivity index (χ3v) is 4.46. The van der Waals surface area contributed by atoms with Gasteiger partial charge in [0.2, 0.25) is 0 Å². The molecule has 28 heavy (non-hydrogen) atoms. The molecule has 3 rings (SSSR count). The number of hydrogen-bond donors (Lipinski definition) is 1. The van der Waals surface area contributed by atoms with Crippen LogP contribution in [0, 0.1) is 10.1 Å². The maximum Gasteiger partial charge on any atom is 0.283 e. The summed E-state index contributed by atoms with van der Waals surface area (Å²) in [6, 6.07) is 21.2. The van der Waals surface area contributed by atoms with E-state index >= 15 is 0 Å². The summed E-state index contributed by atoms with van der Waals surface area (Å²) in [5, 5.41) is 14.2. The van der Waals surface area contributed by atoms with Crippen LogP contribution in [0.25, 0.3) is 0 Å². The van der Waals surface area contributed by atoms with Crippen molar-refractivity contribution in [1.29, 1.82) is 0 Å². The molecule has 142 valence electrons. The molecular formula is C21H18ClN3O3. The molecule has 0 fully saturated rings. The Labute approximate surface area is 167 Å². The molecule has 3 aromatic rings. The van der Waals surface area contributed by atoms with Crippen LogP contribution in [0.2, 0.25) is 5.02 Å². The fraction of sp³-hybridized carbons (Fsp3) is 0.0952. The Morgan fingerprint density at radius 2 is 1.75 bits per heavy atom. The Morgan fingerprint density at radius 3 is 2.46 bits per heavy atom. The van der Waals surface area contributed by atoms with Crippen LogP contribution < -0.4 is 10.2 Å². The SMILES string of the molecule is CN(Cc1ccccc1)c1ccccc1NC(=O)c1ccc(Cl)cc1[N+](=O)[O-]. The fourth-order valence-corrected chi connectivity index (χ4v) is 3.06. The zero-order valence-electron chi connectivity index (χ0n) is 15.1. The number of amides is 1. The first kappa shape index (κ1) is 19.4. The predicted molar refractivity (Wildman–Crippen MR) is 111 cm³/mol. The molecule has 0 bridgehead atoms. The van der Waals surface area contributed by atoms with Gasteiger partial charge in [0.15, 0.2) is 0 Å². The minimum atomic E-state index is -0.617. The highest BCUT2D eigenvalue weighted by molar-refractivity contribution is 6.31. The Morgan fingerprint density at radius 1 is 1.07 bits per heavy atom. The molecule has 0 aliphatic heterocycles. The van der Waals surface area contributed by atoms with Crippen molar-refractivity contribution in [2.75, 3.05) is 17.3 Å². The van der Waals surface area contributed by atoms with Gasteiger partial charge in [0.05, 0.1) is 16.3 Å². The number of halogens is 1. The van der Waals surface area contributed by atoms with E-state index < -0.39 is 10.8 Å². The third kappa shape index (κ3) is 4.47. The monoisotopic (exact) mass is 395 g/mol. The number of anilines is 2. The highest BCUT2D eigenvalue weighted by Crippen LogP contribution is 2.28. The van der Waals surface area contributed by atoms with E-state index in [1.807, 2.05) is 54.4 Å². The van der Waals surface area contributed by atoms with E-state index in [1.54, 1.807) is 12.1 Å². The molecule has 0 aliphatic carbocycles. The van der Waals surface area contributed by atoms with Crippen LogP contribution in [0.5, 0.6) is 0 Å². The van der Waals surface area contributed by atoms with Crippen molar-refractivity contribution in [2.45, 2.75) is 6.54 Å². The van der Waals surface area contributed by atoms with Crippen LogP contribution in [0.15, 0.2) is 72.8 Å². The second-order valence-electron chi connectivity index (χ2n) is 6.23. The summed E-state index contributed by atoms with van der Waals surface area (Å²) in [4.78, 5) is 25.4. The number of carbonyl (C=O) groups is 1. The number of nitrogens with one attached hydrogen (secondary N) is 1. The summed E-state index contributed by atoms with van der Waals surface area (Å²) in [6.07, 6.45) is 0. The summed E-state index contributed by atoms with van der Waals surface area (Å²) in [5.41, 5.74) is 2.11. The zero-order valence-corrected chi connectivity index (χ0v) is 15.9. The van der Waals surface area contributed by atoms with Crippen LogP contribution in [0.4, 0.5) is 17.1 Å². The second-order valence-corrected chi connectivity index (χ2v) is 6.67.